The zero-order valence-corrected chi connectivity index (χ0v) is 11.4. The monoisotopic (exact) mass is 248 g/mol. The van der Waals surface area contributed by atoms with Crippen LogP contribution in [0.5, 0.6) is 0 Å². The van der Waals surface area contributed by atoms with Crippen LogP contribution in [-0.4, -0.2) is 35.3 Å². The van der Waals surface area contributed by atoms with E-state index in [0.29, 0.717) is 18.3 Å². The van der Waals surface area contributed by atoms with Gasteiger partial charge >= 0.3 is 5.97 Å². The molecule has 2 unspecified atom stereocenters. The molecule has 3 nitrogen and oxygen atoms in total. The van der Waals surface area contributed by atoms with Gasteiger partial charge in [0.1, 0.15) is 0 Å². The van der Waals surface area contributed by atoms with Gasteiger partial charge in [-0.1, -0.05) is 20.3 Å². The van der Waals surface area contributed by atoms with Crippen LogP contribution in [0.1, 0.15) is 46.0 Å². The Hall–Kier alpha value is -0.220. The summed E-state index contributed by atoms with van der Waals surface area (Å²) in [6, 6.07) is 0. The fourth-order valence-electron chi connectivity index (χ4n) is 1.51. The lowest BCUT2D eigenvalue weighted by atomic mass is 10.1. The molecule has 0 bridgehead atoms. The standard InChI is InChI=1S/C12H24O3S/c1-4-6-11(16-3)8-10(13)9-12(14)15-7-5-2/h10-11,13H,4-9H2,1-3H3. The highest BCUT2D eigenvalue weighted by molar-refractivity contribution is 7.99. The van der Waals surface area contributed by atoms with Gasteiger partial charge in [-0.3, -0.25) is 4.79 Å². The highest BCUT2D eigenvalue weighted by Crippen LogP contribution is 2.19. The lowest BCUT2D eigenvalue weighted by molar-refractivity contribution is -0.145. The van der Waals surface area contributed by atoms with Gasteiger partial charge in [0.05, 0.1) is 19.1 Å². The summed E-state index contributed by atoms with van der Waals surface area (Å²) in [6.45, 7) is 4.53. The largest absolute Gasteiger partial charge is 0.466 e. The van der Waals surface area contributed by atoms with E-state index in [0.717, 1.165) is 19.3 Å². The van der Waals surface area contributed by atoms with Crippen LogP contribution in [-0.2, 0) is 9.53 Å². The Morgan fingerprint density at radius 1 is 1.38 bits per heavy atom. The maximum atomic E-state index is 11.3. The molecule has 96 valence electrons. The summed E-state index contributed by atoms with van der Waals surface area (Å²) in [5.41, 5.74) is 0. The lowest BCUT2D eigenvalue weighted by Gasteiger charge is -2.17. The van der Waals surface area contributed by atoms with Gasteiger partial charge in [-0.05, 0) is 25.5 Å². The van der Waals surface area contributed by atoms with Gasteiger partial charge in [-0.15, -0.1) is 0 Å². The summed E-state index contributed by atoms with van der Waals surface area (Å²) in [7, 11) is 0. The van der Waals surface area contributed by atoms with Crippen molar-refractivity contribution in [1.82, 2.24) is 0 Å². The van der Waals surface area contributed by atoms with Crippen molar-refractivity contribution in [2.75, 3.05) is 12.9 Å². The van der Waals surface area contributed by atoms with E-state index in [1.807, 2.05) is 13.2 Å². The first-order chi connectivity index (χ1) is 7.63. The number of thioether (sulfide) groups is 1. The highest BCUT2D eigenvalue weighted by atomic mass is 32.2. The molecule has 0 saturated heterocycles. The number of rotatable bonds is 9. The molecule has 0 rings (SSSR count). The third kappa shape index (κ3) is 7.99. The van der Waals surface area contributed by atoms with E-state index in [4.69, 9.17) is 4.74 Å². The van der Waals surface area contributed by atoms with Crippen LogP contribution >= 0.6 is 11.8 Å². The summed E-state index contributed by atoms with van der Waals surface area (Å²) < 4.78 is 4.93. The number of aliphatic hydroxyl groups is 1. The predicted octanol–water partition coefficient (Wildman–Crippen LogP) is 2.61. The van der Waals surface area contributed by atoms with Crippen LogP contribution in [0.4, 0.5) is 0 Å². The molecule has 0 amide bonds. The molecule has 4 heteroatoms. The fraction of sp³-hybridized carbons (Fsp3) is 0.917. The van der Waals surface area contributed by atoms with Crippen LogP contribution in [0.15, 0.2) is 0 Å². The zero-order chi connectivity index (χ0) is 12.4. The molecule has 0 fully saturated rings. The van der Waals surface area contributed by atoms with Crippen molar-refractivity contribution in [2.24, 2.45) is 0 Å². The summed E-state index contributed by atoms with van der Waals surface area (Å²) in [4.78, 5) is 11.3. The molecule has 0 saturated carbocycles. The average Bonchev–Trinajstić information content (AvgIpc) is 2.25. The molecule has 0 heterocycles. The number of carbonyl (C=O) groups is 1. The van der Waals surface area contributed by atoms with Crippen LogP contribution in [0, 0.1) is 0 Å². The smallest absolute Gasteiger partial charge is 0.308 e. The molecule has 0 aliphatic rings. The van der Waals surface area contributed by atoms with E-state index in [2.05, 4.69) is 6.92 Å². The fourth-order valence-corrected chi connectivity index (χ4v) is 2.39. The van der Waals surface area contributed by atoms with Gasteiger partial charge in [0.2, 0.25) is 0 Å². The van der Waals surface area contributed by atoms with Crippen molar-refractivity contribution in [3.05, 3.63) is 0 Å². The summed E-state index contributed by atoms with van der Waals surface area (Å²) >= 11 is 1.76. The third-order valence-corrected chi connectivity index (χ3v) is 3.44. The van der Waals surface area contributed by atoms with E-state index in [-0.39, 0.29) is 12.4 Å². The number of aliphatic hydroxyl groups excluding tert-OH is 1. The quantitative estimate of drug-likeness (QED) is 0.637. The minimum Gasteiger partial charge on any atom is -0.466 e. The Bertz CT molecular complexity index is 185. The number of esters is 1. The summed E-state index contributed by atoms with van der Waals surface area (Å²) in [5, 5.41) is 10.2. The number of hydrogen-bond acceptors (Lipinski definition) is 4. The molecule has 0 aromatic heterocycles. The normalized spacial score (nSPS) is 14.5. The van der Waals surface area contributed by atoms with Gasteiger partial charge in [-0.2, -0.15) is 11.8 Å². The molecule has 2 atom stereocenters. The van der Waals surface area contributed by atoms with Crippen molar-refractivity contribution in [3.63, 3.8) is 0 Å². The molecular formula is C12H24O3S. The number of ether oxygens (including phenoxy) is 1. The molecule has 0 radical (unpaired) electrons. The van der Waals surface area contributed by atoms with Gasteiger partial charge in [-0.25, -0.2) is 0 Å². The molecule has 0 aliphatic heterocycles. The molecule has 0 aromatic rings. The third-order valence-electron chi connectivity index (χ3n) is 2.35. The van der Waals surface area contributed by atoms with E-state index in [1.165, 1.54) is 0 Å². The van der Waals surface area contributed by atoms with Crippen LogP contribution in [0.2, 0.25) is 0 Å². The van der Waals surface area contributed by atoms with Crippen LogP contribution in [0.3, 0.4) is 0 Å². The average molecular weight is 248 g/mol. The Kier molecular flexibility index (Phi) is 9.83. The van der Waals surface area contributed by atoms with Crippen LogP contribution in [0.25, 0.3) is 0 Å². The molecular weight excluding hydrogens is 224 g/mol. The predicted molar refractivity (Wildman–Crippen MR) is 68.7 cm³/mol. The van der Waals surface area contributed by atoms with E-state index >= 15 is 0 Å². The second-order valence-electron chi connectivity index (χ2n) is 3.96. The van der Waals surface area contributed by atoms with Crippen molar-refractivity contribution < 1.29 is 14.6 Å². The SMILES string of the molecule is CCCOC(=O)CC(O)CC(CCC)SC. The summed E-state index contributed by atoms with van der Waals surface area (Å²) in [5.74, 6) is -0.286. The Morgan fingerprint density at radius 2 is 2.06 bits per heavy atom. The first-order valence-corrected chi connectivity index (χ1v) is 7.29. The Labute approximate surface area is 103 Å². The molecule has 0 spiro atoms. The molecule has 0 aliphatic carbocycles. The van der Waals surface area contributed by atoms with Crippen molar-refractivity contribution in [3.8, 4) is 0 Å². The molecule has 1 N–H and O–H groups in total. The summed E-state index contributed by atoms with van der Waals surface area (Å²) in [6.07, 6.45) is 5.30. The van der Waals surface area contributed by atoms with Crippen molar-refractivity contribution in [1.29, 1.82) is 0 Å². The van der Waals surface area contributed by atoms with Gasteiger partial charge in [0, 0.05) is 5.25 Å². The Balaban J connectivity index is 3.77. The molecule has 16 heavy (non-hydrogen) atoms. The lowest BCUT2D eigenvalue weighted by Crippen LogP contribution is -2.20. The number of hydrogen-bond donors (Lipinski definition) is 1. The van der Waals surface area contributed by atoms with Crippen molar-refractivity contribution in [2.45, 2.75) is 57.3 Å². The van der Waals surface area contributed by atoms with E-state index in [9.17, 15) is 9.90 Å². The van der Waals surface area contributed by atoms with Gasteiger partial charge in [0.15, 0.2) is 0 Å². The maximum absolute atomic E-state index is 11.3. The van der Waals surface area contributed by atoms with Crippen molar-refractivity contribution >= 4 is 17.7 Å². The number of carbonyl (C=O) groups excluding carboxylic acids is 1. The zero-order valence-electron chi connectivity index (χ0n) is 10.6. The highest BCUT2D eigenvalue weighted by Gasteiger charge is 2.16. The minimum atomic E-state index is -0.562. The van der Waals surface area contributed by atoms with E-state index in [1.54, 1.807) is 11.8 Å². The topological polar surface area (TPSA) is 46.5 Å². The van der Waals surface area contributed by atoms with E-state index < -0.39 is 6.10 Å². The second-order valence-corrected chi connectivity index (χ2v) is 5.10. The minimum absolute atomic E-state index is 0.126. The maximum Gasteiger partial charge on any atom is 0.308 e. The first-order valence-electron chi connectivity index (χ1n) is 6.00. The molecule has 0 aromatic carbocycles. The van der Waals surface area contributed by atoms with Gasteiger partial charge < -0.3 is 9.84 Å². The second kappa shape index (κ2) is 9.97. The first kappa shape index (κ1) is 15.8. The van der Waals surface area contributed by atoms with Gasteiger partial charge in [0.25, 0.3) is 0 Å². The van der Waals surface area contributed by atoms with Crippen LogP contribution < -0.4 is 0 Å². The Morgan fingerprint density at radius 3 is 2.56 bits per heavy atom.